The number of carboxylic acids is 1. The van der Waals surface area contributed by atoms with Gasteiger partial charge in [0.05, 0.1) is 6.04 Å². The fraction of sp³-hybridized carbons (Fsp3) is 0.500. The molecule has 166 valence electrons. The molecule has 7 N–H and O–H groups in total. The molecular weight excluding hydrogens is 412 g/mol. The predicted octanol–water partition coefficient (Wildman–Crippen LogP) is 0.284. The van der Waals surface area contributed by atoms with Crippen LogP contribution in [0.3, 0.4) is 0 Å². The molecule has 0 aliphatic heterocycles. The largest absolute Gasteiger partial charge is 0.480 e. The zero-order chi connectivity index (χ0) is 22.7. The van der Waals surface area contributed by atoms with Crippen LogP contribution in [0.5, 0.6) is 0 Å². The van der Waals surface area contributed by atoms with Crippen molar-refractivity contribution in [2.75, 3.05) is 0 Å². The lowest BCUT2D eigenvalue weighted by molar-refractivity contribution is -0.142. The van der Waals surface area contributed by atoms with Gasteiger partial charge in [0, 0.05) is 11.8 Å². The number of halogens is 1. The Balaban J connectivity index is 2.83. The molecule has 9 nitrogen and oxygen atoms in total. The fourth-order valence-electron chi connectivity index (χ4n) is 2.71. The van der Waals surface area contributed by atoms with Crippen LogP contribution in [-0.2, 0) is 25.6 Å². The predicted molar refractivity (Wildman–Crippen MR) is 113 cm³/mol. The van der Waals surface area contributed by atoms with Crippen LogP contribution in [0.1, 0.15) is 38.2 Å². The summed E-state index contributed by atoms with van der Waals surface area (Å²) in [6.45, 7) is 1.82. The first-order valence-corrected chi connectivity index (χ1v) is 10.1. The van der Waals surface area contributed by atoms with Gasteiger partial charge in [-0.2, -0.15) is 0 Å². The molecule has 3 amide bonds. The van der Waals surface area contributed by atoms with E-state index in [1.807, 2.05) is 37.3 Å². The van der Waals surface area contributed by atoms with Crippen molar-refractivity contribution in [2.24, 2.45) is 11.5 Å². The van der Waals surface area contributed by atoms with E-state index in [0.29, 0.717) is 6.42 Å². The standard InChI is InChI=1S/C20H29ClN4O5/c1-2-13(21)11-16(19(28)24-15(20(29)30)8-9-17(23)26)25-18(27)14(22)10-12-6-4-3-5-7-12/h3-7,13-16H,2,8-11,22H2,1H3,(H2,23,26)(H,24,28)(H,25,27)(H,29,30)/t13?,14-,15-,16-/m0/s1. The first-order chi connectivity index (χ1) is 14.1. The van der Waals surface area contributed by atoms with Gasteiger partial charge in [-0.05, 0) is 31.2 Å². The SMILES string of the molecule is CCC(Cl)C[C@H](NC(=O)[C@@H](N)Cc1ccccc1)C(=O)N[C@@H](CCC(N)=O)C(=O)O. The Morgan fingerprint density at radius 3 is 2.20 bits per heavy atom. The Bertz CT molecular complexity index is 731. The van der Waals surface area contributed by atoms with Gasteiger partial charge < -0.3 is 27.2 Å². The molecular formula is C20H29ClN4O5. The average molecular weight is 441 g/mol. The molecule has 1 aromatic rings. The van der Waals surface area contributed by atoms with Crippen molar-refractivity contribution >= 4 is 35.3 Å². The molecule has 0 aromatic heterocycles. The molecule has 0 aliphatic carbocycles. The van der Waals surface area contributed by atoms with Crippen molar-refractivity contribution in [3.8, 4) is 0 Å². The van der Waals surface area contributed by atoms with Gasteiger partial charge in [0.2, 0.25) is 17.7 Å². The highest BCUT2D eigenvalue weighted by molar-refractivity contribution is 6.20. The summed E-state index contributed by atoms with van der Waals surface area (Å²) in [5.74, 6) is -3.26. The first-order valence-electron chi connectivity index (χ1n) is 9.69. The summed E-state index contributed by atoms with van der Waals surface area (Å²) in [6, 6.07) is 5.87. The number of alkyl halides is 1. The maximum Gasteiger partial charge on any atom is 0.326 e. The van der Waals surface area contributed by atoms with E-state index in [-0.39, 0.29) is 25.7 Å². The van der Waals surface area contributed by atoms with E-state index in [2.05, 4.69) is 10.6 Å². The molecule has 0 radical (unpaired) electrons. The summed E-state index contributed by atoms with van der Waals surface area (Å²) in [5.41, 5.74) is 11.9. The second kappa shape index (κ2) is 12.8. The van der Waals surface area contributed by atoms with Gasteiger partial charge >= 0.3 is 5.97 Å². The van der Waals surface area contributed by atoms with Crippen LogP contribution < -0.4 is 22.1 Å². The summed E-state index contributed by atoms with van der Waals surface area (Å²) >= 11 is 6.16. The van der Waals surface area contributed by atoms with E-state index in [0.717, 1.165) is 5.56 Å². The third-order valence-corrected chi connectivity index (χ3v) is 4.98. The number of benzene rings is 1. The molecule has 0 bridgehead atoms. The Kier molecular flexibility index (Phi) is 10.8. The van der Waals surface area contributed by atoms with E-state index in [1.54, 1.807) is 0 Å². The zero-order valence-corrected chi connectivity index (χ0v) is 17.6. The second-order valence-electron chi connectivity index (χ2n) is 7.00. The Labute approximate surface area is 180 Å². The van der Waals surface area contributed by atoms with Gasteiger partial charge in [-0.3, -0.25) is 14.4 Å². The monoisotopic (exact) mass is 440 g/mol. The number of hydrogen-bond donors (Lipinski definition) is 5. The third-order valence-electron chi connectivity index (χ3n) is 4.50. The molecule has 30 heavy (non-hydrogen) atoms. The lowest BCUT2D eigenvalue weighted by Gasteiger charge is -2.24. The summed E-state index contributed by atoms with van der Waals surface area (Å²) in [7, 11) is 0. The first kappa shape index (κ1) is 25.4. The number of hydrogen-bond acceptors (Lipinski definition) is 5. The molecule has 0 saturated heterocycles. The topological polar surface area (TPSA) is 165 Å². The summed E-state index contributed by atoms with van der Waals surface area (Å²) < 4.78 is 0. The van der Waals surface area contributed by atoms with Crippen molar-refractivity contribution in [3.05, 3.63) is 35.9 Å². The number of carbonyl (C=O) groups excluding carboxylic acids is 3. The van der Waals surface area contributed by atoms with Crippen LogP contribution in [0.4, 0.5) is 0 Å². The van der Waals surface area contributed by atoms with Crippen LogP contribution in [0.25, 0.3) is 0 Å². The molecule has 10 heteroatoms. The second-order valence-corrected chi connectivity index (χ2v) is 7.62. The third kappa shape index (κ3) is 9.23. The molecule has 0 heterocycles. The number of carboxylic acid groups (broad SMARTS) is 1. The number of rotatable bonds is 13. The van der Waals surface area contributed by atoms with Crippen molar-refractivity contribution < 1.29 is 24.3 Å². The highest BCUT2D eigenvalue weighted by atomic mass is 35.5. The maximum atomic E-state index is 12.7. The van der Waals surface area contributed by atoms with Crippen LogP contribution in [0.15, 0.2) is 30.3 Å². The van der Waals surface area contributed by atoms with Crippen molar-refractivity contribution in [3.63, 3.8) is 0 Å². The molecule has 0 saturated carbocycles. The van der Waals surface area contributed by atoms with Crippen molar-refractivity contribution in [1.82, 2.24) is 10.6 Å². The molecule has 0 fully saturated rings. The molecule has 1 rings (SSSR count). The summed E-state index contributed by atoms with van der Waals surface area (Å²) in [5, 5.41) is 13.8. The van der Waals surface area contributed by atoms with E-state index in [9.17, 15) is 24.3 Å². The highest BCUT2D eigenvalue weighted by Gasteiger charge is 2.29. The summed E-state index contributed by atoms with van der Waals surface area (Å²) in [6.07, 6.45) is 0.540. The van der Waals surface area contributed by atoms with Gasteiger partial charge in [0.15, 0.2) is 0 Å². The van der Waals surface area contributed by atoms with Crippen molar-refractivity contribution in [2.45, 2.75) is 62.5 Å². The van der Waals surface area contributed by atoms with Crippen LogP contribution in [-0.4, -0.2) is 52.3 Å². The normalized spacial score (nSPS) is 14.8. The van der Waals surface area contributed by atoms with Gasteiger partial charge in [0.25, 0.3) is 0 Å². The smallest absolute Gasteiger partial charge is 0.326 e. The maximum absolute atomic E-state index is 12.7. The molecule has 0 aliphatic rings. The minimum Gasteiger partial charge on any atom is -0.480 e. The lowest BCUT2D eigenvalue weighted by Crippen LogP contribution is -2.55. The van der Waals surface area contributed by atoms with Crippen LogP contribution in [0.2, 0.25) is 0 Å². The van der Waals surface area contributed by atoms with Crippen molar-refractivity contribution in [1.29, 1.82) is 0 Å². The Morgan fingerprint density at radius 2 is 1.67 bits per heavy atom. The van der Waals surface area contributed by atoms with E-state index in [1.165, 1.54) is 0 Å². The minimum atomic E-state index is -1.32. The van der Waals surface area contributed by atoms with Gasteiger partial charge in [-0.1, -0.05) is 37.3 Å². The van der Waals surface area contributed by atoms with Gasteiger partial charge in [-0.25, -0.2) is 4.79 Å². The zero-order valence-electron chi connectivity index (χ0n) is 16.8. The molecule has 4 atom stereocenters. The number of amides is 3. The lowest BCUT2D eigenvalue weighted by atomic mass is 10.0. The molecule has 0 spiro atoms. The van der Waals surface area contributed by atoms with E-state index >= 15 is 0 Å². The number of primary amides is 1. The number of nitrogens with one attached hydrogen (secondary N) is 2. The number of nitrogens with two attached hydrogens (primary N) is 2. The van der Waals surface area contributed by atoms with Crippen LogP contribution >= 0.6 is 11.6 Å². The highest BCUT2D eigenvalue weighted by Crippen LogP contribution is 2.11. The average Bonchev–Trinajstić information content (AvgIpc) is 2.70. The van der Waals surface area contributed by atoms with Gasteiger partial charge in [-0.15, -0.1) is 11.6 Å². The number of aliphatic carboxylic acids is 1. The fourth-order valence-corrected chi connectivity index (χ4v) is 2.89. The number of carbonyl (C=O) groups is 4. The minimum absolute atomic E-state index is 0.0931. The molecule has 1 unspecified atom stereocenters. The van der Waals surface area contributed by atoms with Gasteiger partial charge in [0.1, 0.15) is 12.1 Å². The summed E-state index contributed by atoms with van der Waals surface area (Å²) in [4.78, 5) is 47.5. The quantitative estimate of drug-likeness (QED) is 0.276. The van der Waals surface area contributed by atoms with Crippen LogP contribution in [0, 0.1) is 0 Å². The Morgan fingerprint density at radius 1 is 1.07 bits per heavy atom. The Hall–Kier alpha value is -2.65. The van der Waals surface area contributed by atoms with E-state index in [4.69, 9.17) is 23.1 Å². The van der Waals surface area contributed by atoms with E-state index < -0.39 is 47.2 Å². The molecule has 1 aromatic carbocycles.